The Morgan fingerprint density at radius 3 is 2.15 bits per heavy atom. The first-order valence-corrected chi connectivity index (χ1v) is 14.0. The van der Waals surface area contributed by atoms with Gasteiger partial charge in [0.1, 0.15) is 5.82 Å². The fourth-order valence-corrected chi connectivity index (χ4v) is 5.31. The number of para-hydroxylation sites is 2. The molecular weight excluding hydrogens is 484 g/mol. The number of aryl methyl sites for hydroxylation is 1. The lowest BCUT2D eigenvalue weighted by atomic mass is 9.92. The van der Waals surface area contributed by atoms with E-state index in [0.717, 1.165) is 28.1 Å². The second kappa shape index (κ2) is 11.9. The highest BCUT2D eigenvalue weighted by Crippen LogP contribution is 2.34. The summed E-state index contributed by atoms with van der Waals surface area (Å²) in [7, 11) is 0. The first-order chi connectivity index (χ1) is 18.7. The van der Waals surface area contributed by atoms with Gasteiger partial charge in [0.15, 0.2) is 0 Å². The van der Waals surface area contributed by atoms with Crippen molar-refractivity contribution in [3.8, 4) is 5.69 Å². The molecule has 1 atom stereocenters. The molecule has 4 rings (SSSR count). The van der Waals surface area contributed by atoms with E-state index in [1.54, 1.807) is 9.47 Å². The Balaban J connectivity index is 1.86. The number of hydrogen-bond acceptors (Lipinski definition) is 3. The van der Waals surface area contributed by atoms with E-state index < -0.39 is 6.04 Å². The fraction of sp³-hybridized carbons (Fsp3) is 0.364. The van der Waals surface area contributed by atoms with Crippen molar-refractivity contribution in [2.45, 2.75) is 72.8 Å². The molecule has 1 N–H and O–H groups in total. The second-order valence-electron chi connectivity index (χ2n) is 10.7. The summed E-state index contributed by atoms with van der Waals surface area (Å²) in [5.41, 5.74) is 5.38. The van der Waals surface area contributed by atoms with E-state index in [1.165, 1.54) is 0 Å². The number of nitrogens with zero attached hydrogens (tertiary/aromatic N) is 3. The summed E-state index contributed by atoms with van der Waals surface area (Å²) < 4.78 is 1.68. The highest BCUT2D eigenvalue weighted by atomic mass is 16.2. The van der Waals surface area contributed by atoms with Crippen LogP contribution in [0.15, 0.2) is 71.5 Å². The summed E-state index contributed by atoms with van der Waals surface area (Å²) in [6.07, 6.45) is 0.598. The molecule has 0 aliphatic carbocycles. The summed E-state index contributed by atoms with van der Waals surface area (Å²) in [5, 5.41) is 3.82. The van der Waals surface area contributed by atoms with E-state index in [1.807, 2.05) is 69.3 Å². The molecule has 0 saturated carbocycles. The topological polar surface area (TPSA) is 67.2 Å². The Kier molecular flexibility index (Phi) is 8.54. The van der Waals surface area contributed by atoms with Crippen molar-refractivity contribution in [1.29, 1.82) is 0 Å². The lowest BCUT2D eigenvalue weighted by Crippen LogP contribution is -2.41. The number of nitrogens with one attached hydrogen (secondary N) is 1. The molecule has 204 valence electrons. The normalized spacial score (nSPS) is 12.2. The maximum atomic E-state index is 14.0. The zero-order valence-electron chi connectivity index (χ0n) is 24.2. The van der Waals surface area contributed by atoms with Crippen LogP contribution < -0.4 is 10.9 Å². The first kappa shape index (κ1) is 28.1. The van der Waals surface area contributed by atoms with Crippen LogP contribution in [-0.2, 0) is 0 Å². The van der Waals surface area contributed by atoms with Crippen LogP contribution >= 0.6 is 0 Å². The number of carbonyl (C=O) groups is 1. The predicted octanol–water partition coefficient (Wildman–Crippen LogP) is 7.95. The van der Waals surface area contributed by atoms with Crippen LogP contribution in [0.2, 0.25) is 0 Å². The maximum Gasteiger partial charge on any atom is 0.322 e. The molecule has 6 nitrogen and oxygen atoms in total. The molecule has 1 heterocycles. The third-order valence-corrected chi connectivity index (χ3v) is 7.33. The number of urea groups is 1. The summed E-state index contributed by atoms with van der Waals surface area (Å²) >= 11 is 0. The monoisotopic (exact) mass is 524 g/mol. The Morgan fingerprint density at radius 2 is 1.56 bits per heavy atom. The number of carbonyl (C=O) groups excluding carboxylic acids is 1. The Morgan fingerprint density at radius 1 is 0.923 bits per heavy atom. The smallest absolute Gasteiger partial charge is 0.315 e. The van der Waals surface area contributed by atoms with Crippen LogP contribution in [0.5, 0.6) is 0 Å². The van der Waals surface area contributed by atoms with Gasteiger partial charge in [0, 0.05) is 12.2 Å². The fourth-order valence-electron chi connectivity index (χ4n) is 5.31. The molecular formula is C33H40N4O2. The van der Waals surface area contributed by atoms with E-state index in [0.29, 0.717) is 29.7 Å². The number of rotatable bonds is 8. The molecule has 1 aromatic heterocycles. The number of aromatic nitrogens is 2. The molecule has 4 aromatic rings. The average Bonchev–Trinajstić information content (AvgIpc) is 2.91. The van der Waals surface area contributed by atoms with Crippen molar-refractivity contribution in [3.05, 3.63) is 99.6 Å². The zero-order valence-corrected chi connectivity index (χ0v) is 24.2. The maximum absolute atomic E-state index is 14.0. The van der Waals surface area contributed by atoms with Crippen LogP contribution in [0.3, 0.4) is 0 Å². The summed E-state index contributed by atoms with van der Waals surface area (Å²) in [5.74, 6) is 1.07. The molecule has 2 amide bonds. The Labute approximate surface area is 231 Å². The molecule has 0 fully saturated rings. The van der Waals surface area contributed by atoms with Crippen molar-refractivity contribution in [2.75, 3.05) is 11.9 Å². The van der Waals surface area contributed by atoms with Gasteiger partial charge >= 0.3 is 6.03 Å². The van der Waals surface area contributed by atoms with E-state index in [2.05, 4.69) is 51.2 Å². The van der Waals surface area contributed by atoms with E-state index in [4.69, 9.17) is 4.98 Å². The average molecular weight is 525 g/mol. The van der Waals surface area contributed by atoms with Crippen molar-refractivity contribution < 1.29 is 4.79 Å². The van der Waals surface area contributed by atoms with Gasteiger partial charge in [-0.05, 0) is 73.1 Å². The molecule has 0 radical (unpaired) electrons. The number of fused-ring (bicyclic) bond motifs is 1. The van der Waals surface area contributed by atoms with Crippen molar-refractivity contribution in [3.63, 3.8) is 0 Å². The SMILES string of the molecule is CCC(c1nc2ccccc2c(=O)n1-c1cccc(C)c1)N(CC)C(=O)Nc1c(C(C)C)cccc1C(C)C. The third-order valence-electron chi connectivity index (χ3n) is 7.33. The Bertz CT molecular complexity index is 1510. The quantitative estimate of drug-likeness (QED) is 0.254. The minimum absolute atomic E-state index is 0.136. The molecule has 0 aliphatic rings. The van der Waals surface area contributed by atoms with Crippen LogP contribution in [0, 0.1) is 6.92 Å². The largest absolute Gasteiger partial charge is 0.322 e. The van der Waals surface area contributed by atoms with Gasteiger partial charge in [0.05, 0.1) is 22.6 Å². The molecule has 6 heteroatoms. The first-order valence-electron chi connectivity index (χ1n) is 14.0. The van der Waals surface area contributed by atoms with E-state index in [9.17, 15) is 9.59 Å². The van der Waals surface area contributed by atoms with Gasteiger partial charge in [0.25, 0.3) is 5.56 Å². The molecule has 0 bridgehead atoms. The van der Waals surface area contributed by atoms with E-state index >= 15 is 0 Å². The molecule has 0 spiro atoms. The minimum atomic E-state index is -0.415. The number of benzene rings is 3. The van der Waals surface area contributed by atoms with Gasteiger partial charge < -0.3 is 10.2 Å². The highest BCUT2D eigenvalue weighted by Gasteiger charge is 2.29. The van der Waals surface area contributed by atoms with Crippen LogP contribution in [0.4, 0.5) is 10.5 Å². The number of amides is 2. The van der Waals surface area contributed by atoms with Crippen LogP contribution in [0.1, 0.15) is 88.4 Å². The van der Waals surface area contributed by atoms with Crippen LogP contribution in [-0.4, -0.2) is 27.0 Å². The molecule has 1 unspecified atom stereocenters. The van der Waals surface area contributed by atoms with Crippen LogP contribution in [0.25, 0.3) is 16.6 Å². The van der Waals surface area contributed by atoms with Crippen molar-refractivity contribution >= 4 is 22.6 Å². The summed E-state index contributed by atoms with van der Waals surface area (Å²) in [6.45, 7) is 15.0. The summed E-state index contributed by atoms with van der Waals surface area (Å²) in [4.78, 5) is 34.7. The van der Waals surface area contributed by atoms with Crippen molar-refractivity contribution in [1.82, 2.24) is 14.5 Å². The lowest BCUT2D eigenvalue weighted by molar-refractivity contribution is 0.185. The van der Waals surface area contributed by atoms with Gasteiger partial charge in [-0.2, -0.15) is 0 Å². The molecule has 0 saturated heterocycles. The predicted molar refractivity (Wildman–Crippen MR) is 161 cm³/mol. The van der Waals surface area contributed by atoms with Gasteiger partial charge in [-0.25, -0.2) is 9.78 Å². The Hall–Kier alpha value is -3.93. The van der Waals surface area contributed by atoms with Crippen molar-refractivity contribution in [2.24, 2.45) is 0 Å². The lowest BCUT2D eigenvalue weighted by Gasteiger charge is -2.32. The third kappa shape index (κ3) is 5.60. The van der Waals surface area contributed by atoms with Gasteiger partial charge in [0.2, 0.25) is 0 Å². The molecule has 3 aromatic carbocycles. The molecule has 0 aliphatic heterocycles. The highest BCUT2D eigenvalue weighted by molar-refractivity contribution is 5.92. The minimum Gasteiger partial charge on any atom is -0.315 e. The second-order valence-corrected chi connectivity index (χ2v) is 10.7. The summed E-state index contributed by atoms with van der Waals surface area (Å²) in [6, 6.07) is 20.9. The van der Waals surface area contributed by atoms with E-state index in [-0.39, 0.29) is 23.4 Å². The number of hydrogen-bond donors (Lipinski definition) is 1. The zero-order chi connectivity index (χ0) is 28.3. The standard InChI is InChI=1S/C33H40N4O2/c1-8-29(36(9-2)33(39)35-30-25(21(3)4)17-13-18-26(30)22(5)6)31-34-28-19-11-10-16-27(28)32(38)37(31)24-15-12-14-23(7)20-24/h10-22,29H,8-9H2,1-7H3,(H,35,39). The molecule has 39 heavy (non-hydrogen) atoms. The van der Waals surface area contributed by atoms with Gasteiger partial charge in [-0.1, -0.05) is 77.1 Å². The number of anilines is 1. The van der Waals surface area contributed by atoms with Gasteiger partial charge in [-0.3, -0.25) is 9.36 Å². The van der Waals surface area contributed by atoms with Gasteiger partial charge in [-0.15, -0.1) is 0 Å².